The quantitative estimate of drug-likeness (QED) is 0.659. The Kier molecular flexibility index (Phi) is 2.41. The molecule has 0 atom stereocenters. The van der Waals surface area contributed by atoms with Crippen molar-refractivity contribution in [3.63, 3.8) is 0 Å². The van der Waals surface area contributed by atoms with Gasteiger partial charge in [-0.15, -0.1) is 11.3 Å². The smallest absolute Gasteiger partial charge is 0.124 e. The summed E-state index contributed by atoms with van der Waals surface area (Å²) in [5.41, 5.74) is 14.3. The molecule has 1 aromatic heterocycles. The number of anilines is 2. The number of rotatable bonds is 1. The Bertz CT molecular complexity index is 716. The lowest BCUT2D eigenvalue weighted by molar-refractivity contribution is 0.630. The average Bonchev–Trinajstić information content (AvgIpc) is 2.70. The number of hydrogen-bond donors (Lipinski definition) is 2. The van der Waals surface area contributed by atoms with Gasteiger partial charge in [-0.25, -0.2) is 9.37 Å². The van der Waals surface area contributed by atoms with Gasteiger partial charge >= 0.3 is 0 Å². The largest absolute Gasteiger partial charge is 0.399 e. The van der Waals surface area contributed by atoms with Crippen LogP contribution in [0.4, 0.5) is 15.8 Å². The van der Waals surface area contributed by atoms with Crippen LogP contribution in [0.1, 0.15) is 0 Å². The summed E-state index contributed by atoms with van der Waals surface area (Å²) in [6.45, 7) is 0. The molecule has 0 radical (unpaired) electrons. The second-order valence-electron chi connectivity index (χ2n) is 4.02. The second kappa shape index (κ2) is 3.96. The van der Waals surface area contributed by atoms with E-state index < -0.39 is 0 Å². The van der Waals surface area contributed by atoms with E-state index in [1.165, 1.54) is 23.5 Å². The van der Waals surface area contributed by atoms with Crippen molar-refractivity contribution in [3.8, 4) is 10.6 Å². The number of nitrogens with zero attached hydrogens (tertiary/aromatic N) is 1. The average molecular weight is 259 g/mol. The first-order chi connectivity index (χ1) is 8.61. The molecular formula is C13H10FN3S. The van der Waals surface area contributed by atoms with Crippen molar-refractivity contribution in [1.82, 2.24) is 4.98 Å². The summed E-state index contributed by atoms with van der Waals surface area (Å²) >= 11 is 1.42. The molecule has 0 saturated carbocycles. The van der Waals surface area contributed by atoms with Gasteiger partial charge in [-0.3, -0.25) is 0 Å². The van der Waals surface area contributed by atoms with Crippen LogP contribution in [0.2, 0.25) is 0 Å². The van der Waals surface area contributed by atoms with Gasteiger partial charge in [0.05, 0.1) is 10.2 Å². The number of thiazole rings is 1. The molecule has 5 heteroatoms. The number of halogens is 1. The first-order valence-corrected chi connectivity index (χ1v) is 6.16. The predicted molar refractivity (Wildman–Crippen MR) is 73.8 cm³/mol. The molecule has 0 aliphatic rings. The van der Waals surface area contributed by atoms with Gasteiger partial charge in [0.1, 0.15) is 10.8 Å². The van der Waals surface area contributed by atoms with Crippen molar-refractivity contribution in [2.45, 2.75) is 0 Å². The van der Waals surface area contributed by atoms with Crippen molar-refractivity contribution in [1.29, 1.82) is 0 Å². The molecule has 2 aromatic carbocycles. The van der Waals surface area contributed by atoms with E-state index >= 15 is 0 Å². The minimum absolute atomic E-state index is 0.259. The first-order valence-electron chi connectivity index (χ1n) is 5.34. The maximum Gasteiger partial charge on any atom is 0.124 e. The van der Waals surface area contributed by atoms with Crippen LogP contribution >= 0.6 is 11.3 Å². The third-order valence-corrected chi connectivity index (χ3v) is 3.64. The number of fused-ring (bicyclic) bond motifs is 1. The maximum atomic E-state index is 13.1. The van der Waals surface area contributed by atoms with Gasteiger partial charge in [-0.1, -0.05) is 0 Å². The van der Waals surface area contributed by atoms with Crippen molar-refractivity contribution in [2.75, 3.05) is 11.5 Å². The molecule has 0 aliphatic carbocycles. The summed E-state index contributed by atoms with van der Waals surface area (Å²) in [6.07, 6.45) is 0. The molecule has 0 bridgehead atoms. The lowest BCUT2D eigenvalue weighted by Gasteiger charge is -2.00. The molecule has 1 heterocycles. The fourth-order valence-electron chi connectivity index (χ4n) is 1.82. The van der Waals surface area contributed by atoms with Crippen LogP contribution in [-0.4, -0.2) is 4.98 Å². The summed E-state index contributed by atoms with van der Waals surface area (Å²) in [6, 6.07) is 9.86. The van der Waals surface area contributed by atoms with E-state index in [4.69, 9.17) is 11.5 Å². The van der Waals surface area contributed by atoms with Crippen molar-refractivity contribution in [3.05, 3.63) is 42.2 Å². The summed E-state index contributed by atoms with van der Waals surface area (Å²) in [5.74, 6) is -0.259. The predicted octanol–water partition coefficient (Wildman–Crippen LogP) is 3.27. The minimum atomic E-state index is -0.259. The summed E-state index contributed by atoms with van der Waals surface area (Å²) in [4.78, 5) is 4.45. The third kappa shape index (κ3) is 1.89. The van der Waals surface area contributed by atoms with Crippen LogP contribution in [0.5, 0.6) is 0 Å². The van der Waals surface area contributed by atoms with E-state index in [0.29, 0.717) is 11.4 Å². The number of aromatic nitrogens is 1. The minimum Gasteiger partial charge on any atom is -0.399 e. The molecule has 18 heavy (non-hydrogen) atoms. The molecule has 0 aliphatic heterocycles. The zero-order valence-electron chi connectivity index (χ0n) is 9.35. The Morgan fingerprint density at radius 2 is 1.72 bits per heavy atom. The molecule has 3 nitrogen and oxygen atoms in total. The highest BCUT2D eigenvalue weighted by Gasteiger charge is 2.08. The summed E-state index contributed by atoms with van der Waals surface area (Å²) < 4.78 is 13.9. The van der Waals surface area contributed by atoms with Gasteiger partial charge in [-0.2, -0.15) is 0 Å². The van der Waals surface area contributed by atoms with Gasteiger partial charge in [0, 0.05) is 16.9 Å². The van der Waals surface area contributed by atoms with Gasteiger partial charge in [0.2, 0.25) is 0 Å². The lowest BCUT2D eigenvalue weighted by atomic mass is 10.2. The Hall–Kier alpha value is -2.14. The fourth-order valence-corrected chi connectivity index (χ4v) is 2.80. The number of benzene rings is 2. The zero-order chi connectivity index (χ0) is 12.7. The molecule has 0 saturated heterocycles. The Morgan fingerprint density at radius 3 is 2.44 bits per heavy atom. The highest BCUT2D eigenvalue weighted by atomic mass is 32.1. The first kappa shape index (κ1) is 11.0. The van der Waals surface area contributed by atoms with Gasteiger partial charge in [-0.05, 0) is 36.4 Å². The standard InChI is InChI=1S/C13H10FN3S/c14-8-1-2-11-12(5-8)18-13(17-11)7-3-9(15)6-10(16)4-7/h1-6H,15-16H2. The third-order valence-electron chi connectivity index (χ3n) is 2.58. The van der Waals surface area contributed by atoms with Gasteiger partial charge in [0.25, 0.3) is 0 Å². The van der Waals surface area contributed by atoms with Crippen molar-refractivity contribution < 1.29 is 4.39 Å². The SMILES string of the molecule is Nc1cc(N)cc(-c2nc3ccc(F)cc3s2)c1. The van der Waals surface area contributed by atoms with Crippen LogP contribution in [0.15, 0.2) is 36.4 Å². The van der Waals surface area contributed by atoms with Crippen LogP contribution < -0.4 is 11.5 Å². The molecule has 0 spiro atoms. The van der Waals surface area contributed by atoms with Crippen LogP contribution in [-0.2, 0) is 0 Å². The van der Waals surface area contributed by atoms with Crippen molar-refractivity contribution in [2.24, 2.45) is 0 Å². The second-order valence-corrected chi connectivity index (χ2v) is 5.05. The molecule has 0 amide bonds. The summed E-state index contributed by atoms with van der Waals surface area (Å²) in [7, 11) is 0. The van der Waals surface area contributed by atoms with E-state index in [9.17, 15) is 4.39 Å². The highest BCUT2D eigenvalue weighted by molar-refractivity contribution is 7.21. The fraction of sp³-hybridized carbons (Fsp3) is 0. The maximum absolute atomic E-state index is 13.1. The van der Waals surface area contributed by atoms with E-state index in [0.717, 1.165) is 20.8 Å². The summed E-state index contributed by atoms with van der Waals surface area (Å²) in [5, 5.41) is 0.787. The molecule has 90 valence electrons. The zero-order valence-corrected chi connectivity index (χ0v) is 10.2. The Morgan fingerprint density at radius 1 is 1.00 bits per heavy atom. The topological polar surface area (TPSA) is 64.9 Å². The normalized spacial score (nSPS) is 10.9. The van der Waals surface area contributed by atoms with Crippen LogP contribution in [0.25, 0.3) is 20.8 Å². The van der Waals surface area contributed by atoms with Crippen LogP contribution in [0, 0.1) is 5.82 Å². The molecule has 0 fully saturated rings. The van der Waals surface area contributed by atoms with Crippen molar-refractivity contribution >= 4 is 32.9 Å². The van der Waals surface area contributed by atoms with Crippen LogP contribution in [0.3, 0.4) is 0 Å². The molecular weight excluding hydrogens is 249 g/mol. The van der Waals surface area contributed by atoms with E-state index in [1.54, 1.807) is 12.1 Å². The lowest BCUT2D eigenvalue weighted by Crippen LogP contribution is -1.90. The van der Waals surface area contributed by atoms with Gasteiger partial charge in [0.15, 0.2) is 0 Å². The Labute approximate surface area is 107 Å². The van der Waals surface area contributed by atoms with E-state index in [1.807, 2.05) is 12.1 Å². The van der Waals surface area contributed by atoms with E-state index in [-0.39, 0.29) is 5.82 Å². The molecule has 3 aromatic rings. The number of nitrogens with two attached hydrogens (primary N) is 2. The molecule has 4 N–H and O–H groups in total. The number of hydrogen-bond acceptors (Lipinski definition) is 4. The number of nitrogen functional groups attached to an aromatic ring is 2. The monoisotopic (exact) mass is 259 g/mol. The van der Waals surface area contributed by atoms with Gasteiger partial charge < -0.3 is 11.5 Å². The van der Waals surface area contributed by atoms with E-state index in [2.05, 4.69) is 4.98 Å². The highest BCUT2D eigenvalue weighted by Crippen LogP contribution is 2.32. The molecule has 0 unspecified atom stereocenters. The molecule has 3 rings (SSSR count). The Balaban J connectivity index is 2.19.